The largest absolute Gasteiger partial charge is 0.486 e. The summed E-state index contributed by atoms with van der Waals surface area (Å²) in [6.07, 6.45) is 1.51. The van der Waals surface area contributed by atoms with E-state index in [1.807, 2.05) is 0 Å². The van der Waals surface area contributed by atoms with Crippen LogP contribution in [0.15, 0.2) is 12.1 Å². The number of benzene rings is 1. The molecular weight excluding hydrogens is 334 g/mol. The second kappa shape index (κ2) is 7.30. The topological polar surface area (TPSA) is 65.1 Å². The van der Waals surface area contributed by atoms with Crippen molar-refractivity contribution in [3.8, 4) is 11.5 Å². The average Bonchev–Trinajstić information content (AvgIpc) is 2.61. The first-order valence-corrected chi connectivity index (χ1v) is 8.53. The highest BCUT2D eigenvalue weighted by molar-refractivity contribution is 6.32. The number of rotatable bonds is 3. The third-order valence-corrected chi connectivity index (χ3v) is 4.45. The Bertz CT molecular complexity index is 648. The van der Waals surface area contributed by atoms with E-state index in [1.165, 1.54) is 0 Å². The van der Waals surface area contributed by atoms with Crippen molar-refractivity contribution in [2.45, 2.75) is 19.8 Å². The van der Waals surface area contributed by atoms with Gasteiger partial charge in [-0.25, -0.2) is 0 Å². The summed E-state index contributed by atoms with van der Waals surface area (Å²) in [6, 6.07) is 3.24. The zero-order chi connectivity index (χ0) is 17.1. The molecule has 0 saturated carbocycles. The molecule has 130 valence electrons. The molecular formula is C17H20ClNO5. The number of carbonyl (C=O) groups is 2. The van der Waals surface area contributed by atoms with Gasteiger partial charge in [0.25, 0.3) is 5.91 Å². The predicted octanol–water partition coefficient (Wildman–Crippen LogP) is 2.53. The van der Waals surface area contributed by atoms with Crippen molar-refractivity contribution >= 4 is 23.5 Å². The quantitative estimate of drug-likeness (QED) is 0.781. The van der Waals surface area contributed by atoms with Crippen LogP contribution >= 0.6 is 11.6 Å². The molecule has 2 aliphatic rings. The first-order chi connectivity index (χ1) is 11.6. The molecule has 0 aromatic heterocycles. The van der Waals surface area contributed by atoms with Crippen molar-refractivity contribution < 1.29 is 23.8 Å². The molecule has 2 heterocycles. The van der Waals surface area contributed by atoms with E-state index < -0.39 is 0 Å². The Morgan fingerprint density at radius 3 is 2.92 bits per heavy atom. The molecule has 1 amide bonds. The zero-order valence-electron chi connectivity index (χ0n) is 13.5. The number of fused-ring (bicyclic) bond motifs is 1. The monoisotopic (exact) mass is 353 g/mol. The first-order valence-electron chi connectivity index (χ1n) is 8.15. The van der Waals surface area contributed by atoms with Gasteiger partial charge in [-0.2, -0.15) is 0 Å². The van der Waals surface area contributed by atoms with Crippen molar-refractivity contribution in [1.29, 1.82) is 0 Å². The molecule has 1 atom stereocenters. The van der Waals surface area contributed by atoms with E-state index >= 15 is 0 Å². The van der Waals surface area contributed by atoms with Gasteiger partial charge in [0.05, 0.1) is 17.5 Å². The van der Waals surface area contributed by atoms with Crippen LogP contribution in [0.1, 0.15) is 30.1 Å². The number of amides is 1. The van der Waals surface area contributed by atoms with Crippen LogP contribution in [0, 0.1) is 5.92 Å². The molecule has 1 fully saturated rings. The molecule has 0 spiro atoms. The standard InChI is InChI=1S/C17H20ClNO5/c1-2-22-17(21)11-4-3-5-19(10-11)16(20)12-8-13(18)15-14(9-12)23-6-7-24-15/h8-9,11H,2-7,10H2,1H3/t11-/m1/s1. The molecule has 1 aromatic rings. The van der Waals surface area contributed by atoms with E-state index in [0.717, 1.165) is 12.8 Å². The van der Waals surface area contributed by atoms with E-state index in [0.29, 0.717) is 55.0 Å². The van der Waals surface area contributed by atoms with Gasteiger partial charge in [-0.15, -0.1) is 0 Å². The van der Waals surface area contributed by atoms with Crippen molar-refractivity contribution in [2.75, 3.05) is 32.9 Å². The highest BCUT2D eigenvalue weighted by Crippen LogP contribution is 2.38. The Morgan fingerprint density at radius 2 is 2.12 bits per heavy atom. The fraction of sp³-hybridized carbons (Fsp3) is 0.529. The van der Waals surface area contributed by atoms with Crippen molar-refractivity contribution in [2.24, 2.45) is 5.92 Å². The number of hydrogen-bond donors (Lipinski definition) is 0. The fourth-order valence-corrected chi connectivity index (χ4v) is 3.30. The van der Waals surface area contributed by atoms with Crippen LogP contribution in [0.25, 0.3) is 0 Å². The Labute approximate surface area is 145 Å². The summed E-state index contributed by atoms with van der Waals surface area (Å²) in [5.41, 5.74) is 0.439. The molecule has 6 nitrogen and oxygen atoms in total. The van der Waals surface area contributed by atoms with Crippen molar-refractivity contribution in [3.05, 3.63) is 22.7 Å². The van der Waals surface area contributed by atoms with Crippen LogP contribution in [0.4, 0.5) is 0 Å². The van der Waals surface area contributed by atoms with E-state index in [4.69, 9.17) is 25.8 Å². The Hall–Kier alpha value is -1.95. The number of hydrogen-bond acceptors (Lipinski definition) is 5. The molecule has 1 saturated heterocycles. The Kier molecular flexibility index (Phi) is 5.14. The van der Waals surface area contributed by atoms with Crippen LogP contribution in [-0.2, 0) is 9.53 Å². The summed E-state index contributed by atoms with van der Waals surface area (Å²) in [5, 5.41) is 0.356. The second-order valence-electron chi connectivity index (χ2n) is 5.82. The molecule has 1 aromatic carbocycles. The highest BCUT2D eigenvalue weighted by atomic mass is 35.5. The molecule has 3 rings (SSSR count). The Balaban J connectivity index is 1.76. The van der Waals surface area contributed by atoms with E-state index in [1.54, 1.807) is 24.0 Å². The summed E-state index contributed by atoms with van der Waals surface area (Å²) in [6.45, 7) is 3.97. The minimum absolute atomic E-state index is 0.164. The first kappa shape index (κ1) is 16.9. The maximum absolute atomic E-state index is 12.8. The average molecular weight is 354 g/mol. The third-order valence-electron chi connectivity index (χ3n) is 4.17. The number of nitrogens with zero attached hydrogens (tertiary/aromatic N) is 1. The molecule has 24 heavy (non-hydrogen) atoms. The molecule has 2 aliphatic heterocycles. The molecule has 0 unspecified atom stereocenters. The minimum atomic E-state index is -0.268. The second-order valence-corrected chi connectivity index (χ2v) is 6.23. The van der Waals surface area contributed by atoms with Gasteiger partial charge in [-0.05, 0) is 31.9 Å². The van der Waals surface area contributed by atoms with Gasteiger partial charge in [0.1, 0.15) is 13.2 Å². The summed E-state index contributed by atoms with van der Waals surface area (Å²) < 4.78 is 16.1. The summed E-state index contributed by atoms with van der Waals surface area (Å²) in [7, 11) is 0. The lowest BCUT2D eigenvalue weighted by molar-refractivity contribution is -0.149. The summed E-state index contributed by atoms with van der Waals surface area (Å²) in [5.74, 6) is 0.284. The van der Waals surface area contributed by atoms with Crippen LogP contribution in [0.3, 0.4) is 0 Å². The van der Waals surface area contributed by atoms with Crippen LogP contribution in [-0.4, -0.2) is 49.7 Å². The lowest BCUT2D eigenvalue weighted by Gasteiger charge is -2.32. The Morgan fingerprint density at radius 1 is 1.33 bits per heavy atom. The lowest BCUT2D eigenvalue weighted by Crippen LogP contribution is -2.42. The molecule has 0 bridgehead atoms. The van der Waals surface area contributed by atoms with E-state index in [2.05, 4.69) is 0 Å². The van der Waals surface area contributed by atoms with Crippen molar-refractivity contribution in [3.63, 3.8) is 0 Å². The third kappa shape index (κ3) is 3.43. The molecule has 0 radical (unpaired) electrons. The smallest absolute Gasteiger partial charge is 0.310 e. The number of esters is 1. The minimum Gasteiger partial charge on any atom is -0.486 e. The van der Waals surface area contributed by atoms with E-state index in [9.17, 15) is 9.59 Å². The van der Waals surface area contributed by atoms with Gasteiger partial charge in [0.15, 0.2) is 11.5 Å². The number of likely N-dealkylation sites (tertiary alicyclic amines) is 1. The fourth-order valence-electron chi connectivity index (χ4n) is 3.03. The highest BCUT2D eigenvalue weighted by Gasteiger charge is 2.30. The summed E-state index contributed by atoms with van der Waals surface area (Å²) in [4.78, 5) is 26.4. The SMILES string of the molecule is CCOC(=O)[C@@H]1CCCN(C(=O)c2cc(Cl)c3c(c2)OCCO3)C1. The van der Waals surface area contributed by atoms with Gasteiger partial charge in [0.2, 0.25) is 0 Å². The van der Waals surface area contributed by atoms with Crippen molar-refractivity contribution in [1.82, 2.24) is 4.90 Å². The maximum atomic E-state index is 12.8. The maximum Gasteiger partial charge on any atom is 0.310 e. The van der Waals surface area contributed by atoms with Gasteiger partial charge < -0.3 is 19.1 Å². The number of ether oxygens (including phenoxy) is 3. The summed E-state index contributed by atoms with van der Waals surface area (Å²) >= 11 is 6.20. The zero-order valence-corrected chi connectivity index (χ0v) is 14.3. The number of piperidine rings is 1. The molecule has 0 N–H and O–H groups in total. The van der Waals surface area contributed by atoms with Gasteiger partial charge in [-0.1, -0.05) is 11.6 Å². The predicted molar refractivity (Wildman–Crippen MR) is 87.7 cm³/mol. The molecule has 7 heteroatoms. The van der Waals surface area contributed by atoms with E-state index in [-0.39, 0.29) is 17.8 Å². The molecule has 0 aliphatic carbocycles. The lowest BCUT2D eigenvalue weighted by atomic mass is 9.97. The number of carbonyl (C=O) groups excluding carboxylic acids is 2. The van der Waals surface area contributed by atoms with Crippen LogP contribution in [0.5, 0.6) is 11.5 Å². The van der Waals surface area contributed by atoms with Crippen LogP contribution in [0.2, 0.25) is 5.02 Å². The van der Waals surface area contributed by atoms with Gasteiger partial charge >= 0.3 is 5.97 Å². The number of halogens is 1. The van der Waals surface area contributed by atoms with Crippen LogP contribution < -0.4 is 9.47 Å². The van der Waals surface area contributed by atoms with Gasteiger partial charge in [-0.3, -0.25) is 9.59 Å². The van der Waals surface area contributed by atoms with Gasteiger partial charge in [0, 0.05) is 18.7 Å². The normalized spacial score (nSPS) is 19.8.